The van der Waals surface area contributed by atoms with Crippen LogP contribution < -0.4 is 5.32 Å². The Bertz CT molecular complexity index is 727. The number of nitrogens with one attached hydrogen (secondary N) is 1. The normalized spacial score (nSPS) is 14.3. The maximum absolute atomic E-state index is 12.3. The van der Waals surface area contributed by atoms with Gasteiger partial charge in [-0.2, -0.15) is 0 Å². The van der Waals surface area contributed by atoms with Crippen LogP contribution in [0.1, 0.15) is 44.6 Å². The van der Waals surface area contributed by atoms with Crippen molar-refractivity contribution < 1.29 is 29.3 Å². The Morgan fingerprint density at radius 3 is 2.31 bits per heavy atom. The lowest BCUT2D eigenvalue weighted by molar-refractivity contribution is -0.159. The molecular weight excluding hydrogens is 459 g/mol. The van der Waals surface area contributed by atoms with Crippen molar-refractivity contribution >= 4 is 41.0 Å². The Balaban J connectivity index is 0.000000751. The fourth-order valence-corrected chi connectivity index (χ4v) is 3.52. The zero-order valence-electron chi connectivity index (χ0n) is 18.3. The second-order valence-corrected chi connectivity index (χ2v) is 8.27. The molecule has 8 nitrogen and oxygen atoms in total. The molecule has 0 atom stereocenters. The highest BCUT2D eigenvalue weighted by Gasteiger charge is 2.25. The first-order valence-corrected chi connectivity index (χ1v) is 11.5. The minimum atomic E-state index is -1.82. The van der Waals surface area contributed by atoms with Crippen LogP contribution in [0.3, 0.4) is 0 Å². The molecule has 0 aromatic heterocycles. The first kappa shape index (κ1) is 28.2. The van der Waals surface area contributed by atoms with E-state index in [4.69, 9.17) is 47.7 Å². The van der Waals surface area contributed by atoms with Crippen LogP contribution in [-0.2, 0) is 25.7 Å². The molecule has 180 valence electrons. The second kappa shape index (κ2) is 15.9. The summed E-state index contributed by atoms with van der Waals surface area (Å²) in [5.74, 6) is -3.36. The van der Waals surface area contributed by atoms with Crippen molar-refractivity contribution in [3.8, 4) is 0 Å². The fraction of sp³-hybridized carbons (Fsp3) is 0.591. The molecule has 0 aliphatic carbocycles. The Labute approximate surface area is 198 Å². The Morgan fingerprint density at radius 1 is 1.09 bits per heavy atom. The molecule has 0 unspecified atom stereocenters. The van der Waals surface area contributed by atoms with Crippen LogP contribution in [0.25, 0.3) is 0 Å². The zero-order chi connectivity index (χ0) is 23.9. The third kappa shape index (κ3) is 11.1. The number of hydrogen-bond acceptors (Lipinski definition) is 5. The highest BCUT2D eigenvalue weighted by Crippen LogP contribution is 2.28. The van der Waals surface area contributed by atoms with Crippen molar-refractivity contribution in [2.45, 2.75) is 45.6 Å². The van der Waals surface area contributed by atoms with Gasteiger partial charge in [-0.25, -0.2) is 9.59 Å². The first-order valence-electron chi connectivity index (χ1n) is 10.7. The number of ether oxygens (including phenoxy) is 1. The van der Waals surface area contributed by atoms with Crippen molar-refractivity contribution in [2.75, 3.05) is 32.8 Å². The molecule has 32 heavy (non-hydrogen) atoms. The number of carboxylic acids is 2. The Hall–Kier alpha value is -1.87. The maximum atomic E-state index is 12.3. The number of hydrogen-bond donors (Lipinski definition) is 3. The summed E-state index contributed by atoms with van der Waals surface area (Å²) in [6.07, 6.45) is 4.90. The number of benzene rings is 1. The molecule has 0 bridgehead atoms. The SMILES string of the molecule is CCCCOCCCNC(=O)C1CCN(Cc2cccc(Cl)c2Cl)CC1.O=C(O)C(=O)O. The number of carbonyl (C=O) groups is 3. The molecule has 1 heterocycles. The summed E-state index contributed by atoms with van der Waals surface area (Å²) in [4.78, 5) is 32.8. The summed E-state index contributed by atoms with van der Waals surface area (Å²) >= 11 is 12.3. The molecule has 0 radical (unpaired) electrons. The van der Waals surface area contributed by atoms with Gasteiger partial charge in [0.2, 0.25) is 5.91 Å². The van der Waals surface area contributed by atoms with E-state index in [-0.39, 0.29) is 11.8 Å². The molecular formula is C22H32Cl2N2O6. The van der Waals surface area contributed by atoms with E-state index in [1.807, 2.05) is 12.1 Å². The summed E-state index contributed by atoms with van der Waals surface area (Å²) in [6.45, 7) is 6.98. The van der Waals surface area contributed by atoms with Crippen molar-refractivity contribution in [1.82, 2.24) is 10.2 Å². The number of halogens is 2. The van der Waals surface area contributed by atoms with Gasteiger partial charge in [-0.3, -0.25) is 9.69 Å². The number of likely N-dealkylation sites (tertiary alicyclic amines) is 1. The quantitative estimate of drug-likeness (QED) is 0.338. The standard InChI is InChI=1S/C20H30Cl2N2O2.C2H2O4/c1-2-3-13-26-14-5-10-23-20(25)16-8-11-24(12-9-16)15-17-6-4-7-18(21)19(17)22;3-1(4)2(5)6/h4,6-7,16H,2-3,5,8-15H2,1H3,(H,23,25);(H,3,4)(H,5,6). The summed E-state index contributed by atoms with van der Waals surface area (Å²) in [7, 11) is 0. The highest BCUT2D eigenvalue weighted by atomic mass is 35.5. The van der Waals surface area contributed by atoms with E-state index in [2.05, 4.69) is 17.1 Å². The minimum Gasteiger partial charge on any atom is -0.473 e. The van der Waals surface area contributed by atoms with Crippen molar-refractivity contribution in [2.24, 2.45) is 5.92 Å². The van der Waals surface area contributed by atoms with Crippen LogP contribution in [0.5, 0.6) is 0 Å². The second-order valence-electron chi connectivity index (χ2n) is 7.48. The van der Waals surface area contributed by atoms with Crippen molar-refractivity contribution in [3.05, 3.63) is 33.8 Å². The summed E-state index contributed by atoms with van der Waals surface area (Å²) < 4.78 is 5.51. The molecule has 1 aliphatic rings. The fourth-order valence-electron chi connectivity index (χ4n) is 3.14. The molecule has 0 spiro atoms. The van der Waals surface area contributed by atoms with Crippen LogP contribution >= 0.6 is 23.2 Å². The topological polar surface area (TPSA) is 116 Å². The molecule has 0 saturated carbocycles. The van der Waals surface area contributed by atoms with Crippen molar-refractivity contribution in [1.29, 1.82) is 0 Å². The van der Waals surface area contributed by atoms with Crippen LogP contribution in [0.4, 0.5) is 0 Å². The summed E-state index contributed by atoms with van der Waals surface area (Å²) in [5.41, 5.74) is 1.05. The lowest BCUT2D eigenvalue weighted by atomic mass is 9.95. The van der Waals surface area contributed by atoms with E-state index in [1.165, 1.54) is 0 Å². The van der Waals surface area contributed by atoms with E-state index >= 15 is 0 Å². The van der Waals surface area contributed by atoms with Gasteiger partial charge in [-0.1, -0.05) is 48.7 Å². The smallest absolute Gasteiger partial charge is 0.414 e. The third-order valence-electron chi connectivity index (χ3n) is 4.97. The molecule has 1 amide bonds. The number of unbranched alkanes of at least 4 members (excludes halogenated alkanes) is 1. The number of amides is 1. The first-order chi connectivity index (χ1) is 15.3. The highest BCUT2D eigenvalue weighted by molar-refractivity contribution is 6.42. The molecule has 10 heteroatoms. The predicted molar refractivity (Wildman–Crippen MR) is 123 cm³/mol. The molecule has 1 fully saturated rings. The minimum absolute atomic E-state index is 0.113. The lowest BCUT2D eigenvalue weighted by Gasteiger charge is -2.31. The van der Waals surface area contributed by atoms with Gasteiger partial charge in [0.1, 0.15) is 0 Å². The number of aliphatic carboxylic acids is 2. The molecule has 1 aliphatic heterocycles. The largest absolute Gasteiger partial charge is 0.473 e. The van der Waals surface area contributed by atoms with E-state index in [0.717, 1.165) is 70.5 Å². The number of nitrogens with zero attached hydrogens (tertiary/aromatic N) is 1. The van der Waals surface area contributed by atoms with E-state index in [0.29, 0.717) is 16.6 Å². The Morgan fingerprint density at radius 2 is 1.72 bits per heavy atom. The van der Waals surface area contributed by atoms with E-state index in [1.54, 1.807) is 6.07 Å². The van der Waals surface area contributed by atoms with Gasteiger partial charge in [0.25, 0.3) is 0 Å². The average molecular weight is 491 g/mol. The van der Waals surface area contributed by atoms with Crippen LogP contribution in [0, 0.1) is 5.92 Å². The van der Waals surface area contributed by atoms with Crippen molar-refractivity contribution in [3.63, 3.8) is 0 Å². The average Bonchev–Trinajstić information content (AvgIpc) is 2.77. The molecule has 1 aromatic rings. The zero-order valence-corrected chi connectivity index (χ0v) is 19.8. The van der Waals surface area contributed by atoms with Crippen LogP contribution in [0.2, 0.25) is 10.0 Å². The molecule has 1 saturated heterocycles. The maximum Gasteiger partial charge on any atom is 0.414 e. The summed E-state index contributed by atoms with van der Waals surface area (Å²) in [6, 6.07) is 5.74. The third-order valence-corrected chi connectivity index (χ3v) is 5.83. The lowest BCUT2D eigenvalue weighted by Crippen LogP contribution is -2.40. The molecule has 2 rings (SSSR count). The number of rotatable bonds is 10. The van der Waals surface area contributed by atoms with Gasteiger partial charge in [-0.05, 0) is 50.4 Å². The predicted octanol–water partition coefficient (Wildman–Crippen LogP) is 3.68. The Kier molecular flexibility index (Phi) is 14.0. The van der Waals surface area contributed by atoms with Gasteiger partial charge in [0, 0.05) is 32.2 Å². The van der Waals surface area contributed by atoms with Crippen LogP contribution in [-0.4, -0.2) is 65.8 Å². The monoisotopic (exact) mass is 490 g/mol. The van der Waals surface area contributed by atoms with Crippen LogP contribution in [0.15, 0.2) is 18.2 Å². The number of piperidine rings is 1. The number of carbonyl (C=O) groups excluding carboxylic acids is 1. The van der Waals surface area contributed by atoms with Gasteiger partial charge in [0.05, 0.1) is 10.0 Å². The summed E-state index contributed by atoms with van der Waals surface area (Å²) in [5, 5.41) is 19.1. The van der Waals surface area contributed by atoms with Gasteiger partial charge >= 0.3 is 11.9 Å². The van der Waals surface area contributed by atoms with Gasteiger partial charge < -0.3 is 20.3 Å². The van der Waals surface area contributed by atoms with E-state index < -0.39 is 11.9 Å². The molecule has 1 aromatic carbocycles. The number of carboxylic acid groups (broad SMARTS) is 2. The molecule has 3 N–H and O–H groups in total. The van der Waals surface area contributed by atoms with Gasteiger partial charge in [0.15, 0.2) is 0 Å². The van der Waals surface area contributed by atoms with E-state index in [9.17, 15) is 4.79 Å². The van der Waals surface area contributed by atoms with Gasteiger partial charge in [-0.15, -0.1) is 0 Å².